The number of hydrogen-bond donors (Lipinski definition) is 2. The predicted octanol–water partition coefficient (Wildman–Crippen LogP) is 0.877. The van der Waals surface area contributed by atoms with Crippen molar-refractivity contribution in [1.82, 2.24) is 15.2 Å². The fraction of sp³-hybridized carbons (Fsp3) is 0.500. The number of morpholine rings is 1. The van der Waals surface area contributed by atoms with E-state index in [0.29, 0.717) is 26.3 Å². The van der Waals surface area contributed by atoms with Crippen molar-refractivity contribution in [1.29, 1.82) is 0 Å². The van der Waals surface area contributed by atoms with Crippen molar-refractivity contribution < 1.29 is 27.5 Å². The molecule has 0 atom stereocenters. The smallest absolute Gasteiger partial charge is 0.426 e. The summed E-state index contributed by atoms with van der Waals surface area (Å²) in [6.45, 7) is 6.40. The highest BCUT2D eigenvalue weighted by atomic mass is 32.2. The summed E-state index contributed by atoms with van der Waals surface area (Å²) in [4.78, 5) is 23.6. The van der Waals surface area contributed by atoms with Gasteiger partial charge in [0, 0.05) is 18.7 Å². The molecule has 2 N–H and O–H groups in total. The van der Waals surface area contributed by atoms with E-state index in [2.05, 4.69) is 10.9 Å². The largest absolute Gasteiger partial charge is 0.443 e. The summed E-state index contributed by atoms with van der Waals surface area (Å²) in [5, 5.41) is 0. The maximum atomic E-state index is 12.5. The minimum absolute atomic E-state index is 0.0936. The molecule has 0 aromatic heterocycles. The monoisotopic (exact) mass is 385 g/mol. The van der Waals surface area contributed by atoms with Crippen LogP contribution in [0.15, 0.2) is 29.2 Å². The molecule has 0 spiro atoms. The number of sulfonamides is 1. The van der Waals surface area contributed by atoms with Crippen LogP contribution in [0.2, 0.25) is 0 Å². The summed E-state index contributed by atoms with van der Waals surface area (Å²) in [6, 6.07) is 5.46. The molecular weight excluding hydrogens is 362 g/mol. The number of benzene rings is 1. The highest BCUT2D eigenvalue weighted by Crippen LogP contribution is 2.17. The van der Waals surface area contributed by atoms with Gasteiger partial charge in [-0.05, 0) is 45.0 Å². The average Bonchev–Trinajstić information content (AvgIpc) is 2.59. The fourth-order valence-electron chi connectivity index (χ4n) is 2.20. The van der Waals surface area contributed by atoms with E-state index >= 15 is 0 Å². The van der Waals surface area contributed by atoms with Gasteiger partial charge in [0.15, 0.2) is 0 Å². The lowest BCUT2D eigenvalue weighted by Gasteiger charge is -2.26. The summed E-state index contributed by atoms with van der Waals surface area (Å²) in [5.74, 6) is -0.592. The van der Waals surface area contributed by atoms with Gasteiger partial charge in [-0.15, -0.1) is 0 Å². The number of carbonyl (C=O) groups excluding carboxylic acids is 2. The molecule has 10 heteroatoms. The molecule has 0 radical (unpaired) electrons. The van der Waals surface area contributed by atoms with Gasteiger partial charge in [0.1, 0.15) is 5.60 Å². The van der Waals surface area contributed by atoms with Crippen molar-refractivity contribution in [2.75, 3.05) is 26.3 Å². The molecule has 0 unspecified atom stereocenters. The van der Waals surface area contributed by atoms with Crippen LogP contribution in [0, 0.1) is 0 Å². The highest BCUT2D eigenvalue weighted by molar-refractivity contribution is 7.89. The van der Waals surface area contributed by atoms with Crippen LogP contribution in [0.4, 0.5) is 4.79 Å². The Kier molecular flexibility index (Phi) is 6.21. The van der Waals surface area contributed by atoms with Gasteiger partial charge in [0.2, 0.25) is 10.0 Å². The summed E-state index contributed by atoms with van der Waals surface area (Å²) in [7, 11) is -3.62. The van der Waals surface area contributed by atoms with Crippen LogP contribution in [0.25, 0.3) is 0 Å². The lowest BCUT2D eigenvalue weighted by Crippen LogP contribution is -2.44. The van der Waals surface area contributed by atoms with Gasteiger partial charge in [-0.2, -0.15) is 4.31 Å². The Morgan fingerprint density at radius 3 is 2.19 bits per heavy atom. The molecule has 1 fully saturated rings. The number of ether oxygens (including phenoxy) is 2. The third kappa shape index (κ3) is 5.41. The summed E-state index contributed by atoms with van der Waals surface area (Å²) < 4.78 is 36.5. The first-order valence-electron chi connectivity index (χ1n) is 8.07. The molecule has 1 aliphatic rings. The molecule has 2 rings (SSSR count). The molecule has 0 aliphatic carbocycles. The number of amides is 2. The van der Waals surface area contributed by atoms with Gasteiger partial charge in [-0.1, -0.05) is 0 Å². The number of hydrazine groups is 1. The average molecular weight is 385 g/mol. The predicted molar refractivity (Wildman–Crippen MR) is 92.9 cm³/mol. The van der Waals surface area contributed by atoms with Gasteiger partial charge < -0.3 is 9.47 Å². The van der Waals surface area contributed by atoms with Gasteiger partial charge >= 0.3 is 6.09 Å². The lowest BCUT2D eigenvalue weighted by atomic mass is 10.2. The van der Waals surface area contributed by atoms with Crippen molar-refractivity contribution in [3.05, 3.63) is 29.8 Å². The molecule has 0 bridgehead atoms. The molecular formula is C16H23N3O6S. The van der Waals surface area contributed by atoms with E-state index in [1.54, 1.807) is 20.8 Å². The normalized spacial score (nSPS) is 16.0. The first kappa shape index (κ1) is 20.1. The number of nitrogens with one attached hydrogen (secondary N) is 2. The first-order valence-corrected chi connectivity index (χ1v) is 9.51. The van der Waals surface area contributed by atoms with E-state index in [4.69, 9.17) is 9.47 Å². The zero-order valence-corrected chi connectivity index (χ0v) is 15.8. The van der Waals surface area contributed by atoms with E-state index in [-0.39, 0.29) is 10.5 Å². The Morgan fingerprint density at radius 1 is 1.08 bits per heavy atom. The summed E-state index contributed by atoms with van der Waals surface area (Å²) in [5.41, 5.74) is 3.84. The van der Waals surface area contributed by atoms with E-state index in [1.807, 2.05) is 0 Å². The van der Waals surface area contributed by atoms with Crippen molar-refractivity contribution in [2.24, 2.45) is 0 Å². The van der Waals surface area contributed by atoms with Crippen LogP contribution < -0.4 is 10.9 Å². The molecule has 26 heavy (non-hydrogen) atoms. The zero-order chi connectivity index (χ0) is 19.4. The molecule has 1 aromatic carbocycles. The third-order valence-electron chi connectivity index (χ3n) is 3.40. The first-order chi connectivity index (χ1) is 12.1. The SMILES string of the molecule is CC(C)(C)OC(=O)NNC(=O)c1ccc(S(=O)(=O)N2CCOCC2)cc1. The minimum Gasteiger partial charge on any atom is -0.443 e. The standard InChI is InChI=1S/C16H23N3O6S/c1-16(2,3)25-15(21)18-17-14(20)12-4-6-13(7-5-12)26(22,23)19-8-10-24-11-9-19/h4-7H,8-11H2,1-3H3,(H,17,20)(H,18,21). The second kappa shape index (κ2) is 8.02. The minimum atomic E-state index is -3.62. The summed E-state index contributed by atoms with van der Waals surface area (Å²) in [6.07, 6.45) is -0.794. The molecule has 0 saturated carbocycles. The van der Waals surface area contributed by atoms with Gasteiger partial charge in [0.25, 0.3) is 5.91 Å². The van der Waals surface area contributed by atoms with Crippen molar-refractivity contribution in [3.8, 4) is 0 Å². The van der Waals surface area contributed by atoms with Crippen molar-refractivity contribution in [2.45, 2.75) is 31.3 Å². The Hall–Kier alpha value is -2.17. The number of carbonyl (C=O) groups is 2. The summed E-state index contributed by atoms with van der Waals surface area (Å²) >= 11 is 0. The van der Waals surface area contributed by atoms with E-state index < -0.39 is 27.6 Å². The molecule has 1 aliphatic heterocycles. The van der Waals surface area contributed by atoms with Crippen LogP contribution in [0.1, 0.15) is 31.1 Å². The Balaban J connectivity index is 1.98. The maximum Gasteiger partial charge on any atom is 0.426 e. The molecule has 1 aromatic rings. The second-order valence-corrected chi connectivity index (χ2v) is 8.56. The lowest BCUT2D eigenvalue weighted by molar-refractivity contribution is 0.0483. The topological polar surface area (TPSA) is 114 Å². The Bertz CT molecular complexity index is 749. The quantitative estimate of drug-likeness (QED) is 0.747. The second-order valence-electron chi connectivity index (χ2n) is 6.62. The molecule has 1 heterocycles. The highest BCUT2D eigenvalue weighted by Gasteiger charge is 2.26. The van der Waals surface area contributed by atoms with Crippen LogP contribution in [0.3, 0.4) is 0 Å². The van der Waals surface area contributed by atoms with Crippen LogP contribution in [0.5, 0.6) is 0 Å². The molecule has 9 nitrogen and oxygen atoms in total. The number of hydrogen-bond acceptors (Lipinski definition) is 6. The maximum absolute atomic E-state index is 12.5. The van der Waals surface area contributed by atoms with E-state index in [1.165, 1.54) is 28.6 Å². The Morgan fingerprint density at radius 2 is 1.65 bits per heavy atom. The van der Waals surface area contributed by atoms with Gasteiger partial charge in [-0.3, -0.25) is 10.2 Å². The number of nitrogens with zero attached hydrogens (tertiary/aromatic N) is 1. The fourth-order valence-corrected chi connectivity index (χ4v) is 3.61. The van der Waals surface area contributed by atoms with Crippen molar-refractivity contribution in [3.63, 3.8) is 0 Å². The van der Waals surface area contributed by atoms with E-state index in [9.17, 15) is 18.0 Å². The Labute approximate surface area is 152 Å². The number of rotatable bonds is 3. The van der Waals surface area contributed by atoms with Crippen LogP contribution in [-0.2, 0) is 19.5 Å². The van der Waals surface area contributed by atoms with Gasteiger partial charge in [-0.25, -0.2) is 18.6 Å². The molecule has 144 valence electrons. The van der Waals surface area contributed by atoms with Gasteiger partial charge in [0.05, 0.1) is 18.1 Å². The van der Waals surface area contributed by atoms with Crippen LogP contribution in [-0.4, -0.2) is 56.6 Å². The van der Waals surface area contributed by atoms with Crippen LogP contribution >= 0.6 is 0 Å². The molecule has 1 saturated heterocycles. The zero-order valence-electron chi connectivity index (χ0n) is 14.9. The molecule has 2 amide bonds. The van der Waals surface area contributed by atoms with Crippen molar-refractivity contribution >= 4 is 22.0 Å². The third-order valence-corrected chi connectivity index (χ3v) is 5.31. The van der Waals surface area contributed by atoms with E-state index in [0.717, 1.165) is 0 Å².